The molecule has 2 N–H and O–H groups in total. The number of benzene rings is 2. The van der Waals surface area contributed by atoms with Gasteiger partial charge in [0.1, 0.15) is 6.07 Å². The van der Waals surface area contributed by atoms with Crippen molar-refractivity contribution in [2.24, 2.45) is 5.92 Å². The molecule has 0 fully saturated rings. The minimum atomic E-state index is -0.389. The highest BCUT2D eigenvalue weighted by atomic mass is 16.2. The summed E-state index contributed by atoms with van der Waals surface area (Å²) in [6, 6.07) is 17.4. The van der Waals surface area contributed by atoms with E-state index in [1.807, 2.05) is 6.92 Å². The predicted octanol–water partition coefficient (Wildman–Crippen LogP) is 4.43. The zero-order chi connectivity index (χ0) is 19.1. The van der Waals surface area contributed by atoms with Gasteiger partial charge in [-0.2, -0.15) is 5.26 Å². The molecule has 0 saturated heterocycles. The van der Waals surface area contributed by atoms with Gasteiger partial charge in [-0.3, -0.25) is 10.1 Å². The Kier molecular flexibility index (Phi) is 6.94. The van der Waals surface area contributed by atoms with E-state index in [0.717, 1.165) is 6.42 Å². The molecule has 2 atom stereocenters. The van der Waals surface area contributed by atoms with E-state index in [1.165, 1.54) is 11.1 Å². The summed E-state index contributed by atoms with van der Waals surface area (Å²) in [4.78, 5) is 12.6. The molecule has 0 aromatic heterocycles. The smallest absolute Gasteiger partial charge is 0.241 e. The number of nitriles is 1. The number of carbonyl (C=O) groups excluding carboxylic acids is 1. The average molecular weight is 349 g/mol. The Bertz CT molecular complexity index is 775. The lowest BCUT2D eigenvalue weighted by atomic mass is 9.94. The quantitative estimate of drug-likeness (QED) is 0.777. The van der Waals surface area contributed by atoms with Crippen molar-refractivity contribution in [3.05, 3.63) is 65.2 Å². The van der Waals surface area contributed by atoms with Crippen molar-refractivity contribution in [2.45, 2.75) is 46.2 Å². The molecule has 0 bridgehead atoms. The predicted molar refractivity (Wildman–Crippen MR) is 106 cm³/mol. The first-order valence-electron chi connectivity index (χ1n) is 9.11. The molecule has 2 rings (SSSR count). The third-order valence-corrected chi connectivity index (χ3v) is 4.54. The number of amides is 1. The van der Waals surface area contributed by atoms with E-state index >= 15 is 0 Å². The number of hydrogen-bond acceptors (Lipinski definition) is 3. The number of hydrogen-bond donors (Lipinski definition) is 2. The van der Waals surface area contributed by atoms with Crippen molar-refractivity contribution < 1.29 is 4.79 Å². The van der Waals surface area contributed by atoms with E-state index in [1.54, 1.807) is 24.3 Å². The molecule has 0 aliphatic carbocycles. The minimum Gasteiger partial charge on any atom is -0.324 e. The van der Waals surface area contributed by atoms with Gasteiger partial charge in [-0.05, 0) is 42.5 Å². The topological polar surface area (TPSA) is 64.9 Å². The number of rotatable bonds is 7. The molecule has 26 heavy (non-hydrogen) atoms. The molecule has 0 spiro atoms. The van der Waals surface area contributed by atoms with Gasteiger partial charge in [0.25, 0.3) is 0 Å². The van der Waals surface area contributed by atoms with E-state index in [-0.39, 0.29) is 18.0 Å². The zero-order valence-corrected chi connectivity index (χ0v) is 15.9. The van der Waals surface area contributed by atoms with Gasteiger partial charge in [-0.15, -0.1) is 0 Å². The van der Waals surface area contributed by atoms with Gasteiger partial charge in [-0.25, -0.2) is 0 Å². The summed E-state index contributed by atoms with van der Waals surface area (Å²) in [7, 11) is 0. The molecule has 4 heteroatoms. The number of nitrogens with zero attached hydrogens (tertiary/aromatic N) is 1. The molecule has 0 heterocycles. The molecule has 2 aromatic carbocycles. The summed E-state index contributed by atoms with van der Waals surface area (Å²) in [6.07, 6.45) is 1.01. The lowest BCUT2D eigenvalue weighted by molar-refractivity contribution is -0.118. The van der Waals surface area contributed by atoms with Crippen molar-refractivity contribution in [1.82, 2.24) is 5.32 Å². The fraction of sp³-hybridized carbons (Fsp3) is 0.364. The summed E-state index contributed by atoms with van der Waals surface area (Å²) in [5.74, 6) is 0.188. The second-order valence-electron chi connectivity index (χ2n) is 6.85. The van der Waals surface area contributed by atoms with E-state index in [9.17, 15) is 4.79 Å². The van der Waals surface area contributed by atoms with E-state index in [2.05, 4.69) is 61.7 Å². The van der Waals surface area contributed by atoms with Crippen LogP contribution in [0, 0.1) is 17.2 Å². The van der Waals surface area contributed by atoms with Crippen LogP contribution in [-0.2, 0) is 11.2 Å². The van der Waals surface area contributed by atoms with E-state index < -0.39 is 0 Å². The Hall–Kier alpha value is -2.64. The normalized spacial score (nSPS) is 13.1. The molecule has 2 aromatic rings. The molecule has 1 amide bonds. The number of para-hydroxylation sites is 1. The average Bonchev–Trinajstić information content (AvgIpc) is 2.66. The number of nitrogens with one attached hydrogen (secondary N) is 2. The van der Waals surface area contributed by atoms with Gasteiger partial charge in [0.05, 0.1) is 17.3 Å². The first-order valence-corrected chi connectivity index (χ1v) is 9.11. The Balaban J connectivity index is 2.10. The van der Waals surface area contributed by atoms with Crippen molar-refractivity contribution in [3.63, 3.8) is 0 Å². The molecule has 4 nitrogen and oxygen atoms in total. The van der Waals surface area contributed by atoms with Crippen LogP contribution in [0.1, 0.15) is 50.4 Å². The van der Waals surface area contributed by atoms with E-state index in [4.69, 9.17) is 5.26 Å². The van der Waals surface area contributed by atoms with Crippen LogP contribution < -0.4 is 10.6 Å². The van der Waals surface area contributed by atoms with Crippen LogP contribution in [0.3, 0.4) is 0 Å². The highest BCUT2D eigenvalue weighted by Crippen LogP contribution is 2.23. The molecule has 0 saturated carbocycles. The summed E-state index contributed by atoms with van der Waals surface area (Å²) >= 11 is 0. The maximum atomic E-state index is 12.6. The van der Waals surface area contributed by atoms with Gasteiger partial charge in [0.2, 0.25) is 5.91 Å². The summed E-state index contributed by atoms with van der Waals surface area (Å²) in [6.45, 7) is 8.26. The highest BCUT2D eigenvalue weighted by Gasteiger charge is 2.22. The second-order valence-corrected chi connectivity index (χ2v) is 6.85. The molecule has 0 aliphatic heterocycles. The fourth-order valence-electron chi connectivity index (χ4n) is 2.91. The molecule has 0 unspecified atom stereocenters. The first kappa shape index (κ1) is 19.7. The lowest BCUT2D eigenvalue weighted by Crippen LogP contribution is -2.41. The van der Waals surface area contributed by atoms with Crippen LogP contribution >= 0.6 is 0 Å². The fourth-order valence-corrected chi connectivity index (χ4v) is 2.91. The molecular formula is C22H27N3O. The van der Waals surface area contributed by atoms with Crippen LogP contribution in [0.2, 0.25) is 0 Å². The van der Waals surface area contributed by atoms with Crippen LogP contribution in [0.15, 0.2) is 48.5 Å². The molecule has 0 radical (unpaired) electrons. The maximum absolute atomic E-state index is 12.6. The second kappa shape index (κ2) is 9.17. The van der Waals surface area contributed by atoms with Crippen molar-refractivity contribution in [1.29, 1.82) is 5.26 Å². The molecule has 136 valence electrons. The number of anilines is 1. The van der Waals surface area contributed by atoms with Crippen molar-refractivity contribution >= 4 is 11.6 Å². The summed E-state index contributed by atoms with van der Waals surface area (Å²) in [5.41, 5.74) is 3.48. The van der Waals surface area contributed by atoms with Gasteiger partial charge in [0.15, 0.2) is 0 Å². The van der Waals surface area contributed by atoms with Gasteiger partial charge in [0, 0.05) is 6.04 Å². The standard InChI is InChI=1S/C22H27N3O/c1-5-17-10-12-18(13-11-17)21(15(2)3)24-16(4)22(26)25-20-9-7-6-8-19(20)14-23/h6-13,15-16,21,24H,5H2,1-4H3,(H,25,26)/t16-,21+/m1/s1. The number of aryl methyl sites for hydroxylation is 1. The van der Waals surface area contributed by atoms with Gasteiger partial charge < -0.3 is 5.32 Å². The lowest BCUT2D eigenvalue weighted by Gasteiger charge is -2.27. The van der Waals surface area contributed by atoms with Gasteiger partial charge in [-0.1, -0.05) is 57.2 Å². The monoisotopic (exact) mass is 349 g/mol. The zero-order valence-electron chi connectivity index (χ0n) is 15.9. The van der Waals surface area contributed by atoms with Crippen LogP contribution in [0.5, 0.6) is 0 Å². The highest BCUT2D eigenvalue weighted by molar-refractivity contribution is 5.95. The summed E-state index contributed by atoms with van der Waals surface area (Å²) < 4.78 is 0. The van der Waals surface area contributed by atoms with E-state index in [0.29, 0.717) is 17.2 Å². The third-order valence-electron chi connectivity index (χ3n) is 4.54. The first-order chi connectivity index (χ1) is 12.5. The Morgan fingerprint density at radius 3 is 2.31 bits per heavy atom. The Morgan fingerprint density at radius 2 is 1.73 bits per heavy atom. The van der Waals surface area contributed by atoms with Crippen molar-refractivity contribution in [3.8, 4) is 6.07 Å². The SMILES string of the molecule is CCc1ccc([C@@H](N[C@H](C)C(=O)Nc2ccccc2C#N)C(C)C)cc1. The van der Waals surface area contributed by atoms with Crippen LogP contribution in [0.4, 0.5) is 5.69 Å². The summed E-state index contributed by atoms with van der Waals surface area (Å²) in [5, 5.41) is 15.4. The Morgan fingerprint density at radius 1 is 1.08 bits per heavy atom. The third kappa shape index (κ3) is 4.93. The van der Waals surface area contributed by atoms with Crippen LogP contribution in [-0.4, -0.2) is 11.9 Å². The largest absolute Gasteiger partial charge is 0.324 e. The van der Waals surface area contributed by atoms with Gasteiger partial charge >= 0.3 is 0 Å². The minimum absolute atomic E-state index is 0.0767. The maximum Gasteiger partial charge on any atom is 0.241 e. The number of carbonyl (C=O) groups is 1. The molecular weight excluding hydrogens is 322 g/mol. The van der Waals surface area contributed by atoms with Crippen LogP contribution in [0.25, 0.3) is 0 Å². The van der Waals surface area contributed by atoms with Crippen molar-refractivity contribution in [2.75, 3.05) is 5.32 Å². The Labute approximate surface area is 156 Å². The molecule has 0 aliphatic rings.